The third-order valence-corrected chi connectivity index (χ3v) is 1.26. The first-order valence-corrected chi connectivity index (χ1v) is 3.50. The summed E-state index contributed by atoms with van der Waals surface area (Å²) >= 11 is 0. The summed E-state index contributed by atoms with van der Waals surface area (Å²) in [4.78, 5) is 8.05. The van der Waals surface area contributed by atoms with E-state index in [1.54, 1.807) is 19.3 Å². The van der Waals surface area contributed by atoms with Crippen LogP contribution in [-0.4, -0.2) is 19.0 Å². The van der Waals surface area contributed by atoms with Crippen molar-refractivity contribution in [2.75, 3.05) is 7.05 Å². The van der Waals surface area contributed by atoms with E-state index in [1.807, 2.05) is 19.9 Å². The Kier molecular flexibility index (Phi) is 4.99. The number of aliphatic imine (C=N–C) groups is 2. The average molecular weight is 150 g/mol. The molecule has 0 saturated carbocycles. The summed E-state index contributed by atoms with van der Waals surface area (Å²) in [5.74, 6) is 0. The van der Waals surface area contributed by atoms with Gasteiger partial charge in [-0.25, -0.2) is 0 Å². The molecule has 2 heteroatoms. The lowest BCUT2D eigenvalue weighted by Gasteiger charge is -1.89. The molecule has 0 amide bonds. The topological polar surface area (TPSA) is 24.7 Å². The summed E-state index contributed by atoms with van der Waals surface area (Å²) in [6.45, 7) is 7.44. The van der Waals surface area contributed by atoms with Gasteiger partial charge in [-0.3, -0.25) is 9.98 Å². The first-order chi connectivity index (χ1) is 5.24. The first kappa shape index (κ1) is 9.82. The van der Waals surface area contributed by atoms with Crippen molar-refractivity contribution >= 4 is 11.9 Å². The van der Waals surface area contributed by atoms with E-state index in [-0.39, 0.29) is 0 Å². The second-order valence-corrected chi connectivity index (χ2v) is 2.04. The molecule has 0 aromatic rings. The smallest absolute Gasteiger partial charge is 0.0581 e. The highest BCUT2D eigenvalue weighted by Crippen LogP contribution is 1.94. The monoisotopic (exact) mass is 150 g/mol. The second-order valence-electron chi connectivity index (χ2n) is 2.04. The largest absolute Gasteiger partial charge is 0.292 e. The molecule has 0 fully saturated rings. The van der Waals surface area contributed by atoms with Gasteiger partial charge in [0.25, 0.3) is 0 Å². The summed E-state index contributed by atoms with van der Waals surface area (Å²) in [6.07, 6.45) is 5.32. The number of hydrogen-bond donors (Lipinski definition) is 0. The zero-order valence-electron chi connectivity index (χ0n) is 7.33. The number of allylic oxidation sites excluding steroid dienone is 2. The highest BCUT2D eigenvalue weighted by atomic mass is 14.8. The molecule has 0 spiro atoms. The van der Waals surface area contributed by atoms with E-state index in [2.05, 4.69) is 16.6 Å². The fourth-order valence-electron chi connectivity index (χ4n) is 0.471. The quantitative estimate of drug-likeness (QED) is 0.435. The Morgan fingerprint density at radius 2 is 2.09 bits per heavy atom. The number of nitrogens with zero attached hydrogens (tertiary/aromatic N) is 2. The van der Waals surface area contributed by atoms with E-state index in [0.717, 1.165) is 11.4 Å². The molecule has 0 N–H and O–H groups in total. The molecule has 0 aliphatic rings. The molecule has 0 atom stereocenters. The van der Waals surface area contributed by atoms with E-state index < -0.39 is 0 Å². The summed E-state index contributed by atoms with van der Waals surface area (Å²) in [7, 11) is 1.74. The van der Waals surface area contributed by atoms with Crippen molar-refractivity contribution in [2.45, 2.75) is 13.8 Å². The van der Waals surface area contributed by atoms with Gasteiger partial charge >= 0.3 is 0 Å². The minimum atomic E-state index is 0.869. The van der Waals surface area contributed by atoms with Gasteiger partial charge in [-0.1, -0.05) is 12.7 Å². The van der Waals surface area contributed by atoms with Crippen LogP contribution in [0, 0.1) is 0 Å². The van der Waals surface area contributed by atoms with Gasteiger partial charge in [0.2, 0.25) is 0 Å². The third-order valence-electron chi connectivity index (χ3n) is 1.26. The van der Waals surface area contributed by atoms with Gasteiger partial charge in [0.15, 0.2) is 0 Å². The van der Waals surface area contributed by atoms with Crippen molar-refractivity contribution in [3.8, 4) is 0 Å². The lowest BCUT2D eigenvalue weighted by molar-refractivity contribution is 1.39. The predicted octanol–water partition coefficient (Wildman–Crippen LogP) is 2.24. The van der Waals surface area contributed by atoms with Crippen LogP contribution in [0.2, 0.25) is 0 Å². The Hall–Kier alpha value is -1.18. The Morgan fingerprint density at radius 3 is 2.45 bits per heavy atom. The predicted molar refractivity (Wildman–Crippen MR) is 51.5 cm³/mol. The van der Waals surface area contributed by atoms with E-state index in [4.69, 9.17) is 0 Å². The van der Waals surface area contributed by atoms with Crippen LogP contribution in [0.3, 0.4) is 0 Å². The maximum atomic E-state index is 4.12. The molecule has 0 unspecified atom stereocenters. The maximum absolute atomic E-state index is 4.12. The molecule has 11 heavy (non-hydrogen) atoms. The fraction of sp³-hybridized carbons (Fsp3) is 0.333. The molecular formula is C9H14N2. The summed E-state index contributed by atoms with van der Waals surface area (Å²) < 4.78 is 0. The Labute approximate surface area is 68.1 Å². The van der Waals surface area contributed by atoms with Crippen molar-refractivity contribution < 1.29 is 0 Å². The Balaban J connectivity index is 4.23. The molecule has 0 heterocycles. The molecule has 60 valence electrons. The molecule has 0 rings (SSSR count). The van der Waals surface area contributed by atoms with Crippen molar-refractivity contribution in [1.29, 1.82) is 0 Å². The minimum absolute atomic E-state index is 0.869. The van der Waals surface area contributed by atoms with E-state index in [9.17, 15) is 0 Å². The highest BCUT2D eigenvalue weighted by molar-refractivity contribution is 6.29. The van der Waals surface area contributed by atoms with Gasteiger partial charge in [0.1, 0.15) is 0 Å². The Bertz CT molecular complexity index is 210. The van der Waals surface area contributed by atoms with E-state index in [0.29, 0.717) is 0 Å². The van der Waals surface area contributed by atoms with Crippen LogP contribution in [0.1, 0.15) is 13.8 Å². The zero-order chi connectivity index (χ0) is 8.69. The van der Waals surface area contributed by atoms with Gasteiger partial charge in [-0.2, -0.15) is 0 Å². The van der Waals surface area contributed by atoms with Crippen LogP contribution in [0.15, 0.2) is 34.4 Å². The maximum Gasteiger partial charge on any atom is 0.0581 e. The normalized spacial score (nSPS) is 14.1. The standard InChI is InChI=1S/C9H14N2/c1-5-9(6-2)11-7-8(3)10-4/h5-7H,1H2,2-4H3/b9-6+,10-8-,11-7-. The molecule has 0 aliphatic heterocycles. The SMILES string of the molecule is C=CC(=C\C)/N=C\C(C)=N/C. The second kappa shape index (κ2) is 5.59. The van der Waals surface area contributed by atoms with Gasteiger partial charge in [-0.05, 0) is 19.9 Å². The highest BCUT2D eigenvalue weighted by Gasteiger charge is 1.82. The molecule has 0 radical (unpaired) electrons. The Morgan fingerprint density at radius 1 is 1.45 bits per heavy atom. The lowest BCUT2D eigenvalue weighted by atomic mass is 10.4. The van der Waals surface area contributed by atoms with Crippen LogP contribution in [0.5, 0.6) is 0 Å². The van der Waals surface area contributed by atoms with Crippen LogP contribution < -0.4 is 0 Å². The van der Waals surface area contributed by atoms with Gasteiger partial charge in [0, 0.05) is 19.0 Å². The number of hydrogen-bond acceptors (Lipinski definition) is 2. The lowest BCUT2D eigenvalue weighted by Crippen LogP contribution is -1.91. The van der Waals surface area contributed by atoms with Gasteiger partial charge in [-0.15, -0.1) is 0 Å². The molecule has 0 aromatic carbocycles. The average Bonchev–Trinajstić information content (AvgIpc) is 2.06. The summed E-state index contributed by atoms with van der Waals surface area (Å²) in [5, 5.41) is 0. The van der Waals surface area contributed by atoms with Crippen LogP contribution in [-0.2, 0) is 0 Å². The molecule has 0 saturated heterocycles. The minimum Gasteiger partial charge on any atom is -0.292 e. The molecule has 0 aromatic heterocycles. The molecule has 0 aliphatic carbocycles. The van der Waals surface area contributed by atoms with Crippen molar-refractivity contribution in [3.63, 3.8) is 0 Å². The summed E-state index contributed by atoms with van der Waals surface area (Å²) in [6, 6.07) is 0. The van der Waals surface area contributed by atoms with Gasteiger partial charge in [0.05, 0.1) is 5.70 Å². The van der Waals surface area contributed by atoms with Gasteiger partial charge < -0.3 is 0 Å². The van der Waals surface area contributed by atoms with Crippen LogP contribution >= 0.6 is 0 Å². The zero-order valence-corrected chi connectivity index (χ0v) is 7.33. The first-order valence-electron chi connectivity index (χ1n) is 3.50. The third kappa shape index (κ3) is 4.25. The van der Waals surface area contributed by atoms with Crippen molar-refractivity contribution in [2.24, 2.45) is 9.98 Å². The molecular weight excluding hydrogens is 136 g/mol. The van der Waals surface area contributed by atoms with Crippen LogP contribution in [0.4, 0.5) is 0 Å². The van der Waals surface area contributed by atoms with E-state index >= 15 is 0 Å². The van der Waals surface area contributed by atoms with E-state index in [1.165, 1.54) is 0 Å². The fourth-order valence-corrected chi connectivity index (χ4v) is 0.471. The molecule has 0 bridgehead atoms. The summed E-state index contributed by atoms with van der Waals surface area (Å²) in [5.41, 5.74) is 1.78. The molecule has 2 nitrogen and oxygen atoms in total. The van der Waals surface area contributed by atoms with Crippen LogP contribution in [0.25, 0.3) is 0 Å². The number of rotatable bonds is 3. The van der Waals surface area contributed by atoms with Crippen molar-refractivity contribution in [1.82, 2.24) is 0 Å². The van der Waals surface area contributed by atoms with Crippen molar-refractivity contribution in [3.05, 3.63) is 24.4 Å².